The number of hydrogen-bond donors (Lipinski definition) is 3. The molecule has 2 atom stereocenters. The SMILES string of the molecule is COCC(NC(=O)C(N)CCS(C)(=O)=O)C(=O)O. The number of carboxylic acid groups (broad SMARTS) is 1. The average molecular weight is 282 g/mol. The number of carboxylic acids is 1. The number of amides is 1. The third-order valence-electron chi connectivity index (χ3n) is 2.08. The number of ether oxygens (including phenoxy) is 1. The second-order valence-electron chi connectivity index (χ2n) is 3.88. The van der Waals surface area contributed by atoms with E-state index in [1.165, 1.54) is 7.11 Å². The van der Waals surface area contributed by atoms with E-state index in [1.807, 2.05) is 0 Å². The van der Waals surface area contributed by atoms with Crippen LogP contribution in [0.5, 0.6) is 0 Å². The fourth-order valence-electron chi connectivity index (χ4n) is 1.09. The summed E-state index contributed by atoms with van der Waals surface area (Å²) in [6, 6.07) is -2.27. The summed E-state index contributed by atoms with van der Waals surface area (Å²) in [6.07, 6.45) is 0.965. The molecule has 2 unspecified atom stereocenters. The zero-order chi connectivity index (χ0) is 14.3. The number of nitrogens with two attached hydrogens (primary N) is 1. The summed E-state index contributed by atoms with van der Waals surface area (Å²) >= 11 is 0. The zero-order valence-corrected chi connectivity index (χ0v) is 11.1. The normalized spacial score (nSPS) is 14.8. The molecule has 0 fully saturated rings. The third kappa shape index (κ3) is 7.20. The lowest BCUT2D eigenvalue weighted by Crippen LogP contribution is -2.50. The lowest BCUT2D eigenvalue weighted by atomic mass is 10.2. The van der Waals surface area contributed by atoms with Crippen LogP contribution in [0.2, 0.25) is 0 Å². The average Bonchev–Trinajstić information content (AvgIpc) is 2.23. The van der Waals surface area contributed by atoms with E-state index < -0.39 is 33.8 Å². The molecular weight excluding hydrogens is 264 g/mol. The van der Waals surface area contributed by atoms with E-state index in [9.17, 15) is 18.0 Å². The van der Waals surface area contributed by atoms with Gasteiger partial charge >= 0.3 is 5.97 Å². The van der Waals surface area contributed by atoms with Crippen LogP contribution in [0.4, 0.5) is 0 Å². The van der Waals surface area contributed by atoms with Gasteiger partial charge in [0, 0.05) is 13.4 Å². The molecule has 9 heteroatoms. The Bertz CT molecular complexity index is 394. The summed E-state index contributed by atoms with van der Waals surface area (Å²) < 4.78 is 26.4. The smallest absolute Gasteiger partial charge is 0.328 e. The van der Waals surface area contributed by atoms with Gasteiger partial charge in [-0.15, -0.1) is 0 Å². The van der Waals surface area contributed by atoms with Gasteiger partial charge in [-0.3, -0.25) is 4.79 Å². The molecule has 8 nitrogen and oxygen atoms in total. The fourth-order valence-corrected chi connectivity index (χ4v) is 1.77. The van der Waals surface area contributed by atoms with Crippen LogP contribution in [0.25, 0.3) is 0 Å². The molecule has 0 rings (SSSR count). The van der Waals surface area contributed by atoms with Crippen LogP contribution >= 0.6 is 0 Å². The molecule has 0 aromatic rings. The number of carbonyl (C=O) groups is 2. The molecule has 4 N–H and O–H groups in total. The lowest BCUT2D eigenvalue weighted by molar-refractivity contribution is -0.143. The van der Waals surface area contributed by atoms with Crippen molar-refractivity contribution in [2.24, 2.45) is 5.73 Å². The molecule has 0 aliphatic carbocycles. The van der Waals surface area contributed by atoms with Crippen molar-refractivity contribution in [1.82, 2.24) is 5.32 Å². The maximum atomic E-state index is 11.5. The van der Waals surface area contributed by atoms with Crippen LogP contribution in [-0.4, -0.2) is 63.2 Å². The van der Waals surface area contributed by atoms with E-state index in [-0.39, 0.29) is 18.8 Å². The number of rotatable bonds is 8. The number of aliphatic carboxylic acids is 1. The largest absolute Gasteiger partial charge is 0.480 e. The van der Waals surface area contributed by atoms with Gasteiger partial charge in [0.05, 0.1) is 18.4 Å². The van der Waals surface area contributed by atoms with Crippen molar-refractivity contribution < 1.29 is 27.9 Å². The van der Waals surface area contributed by atoms with Gasteiger partial charge < -0.3 is 20.9 Å². The van der Waals surface area contributed by atoms with Gasteiger partial charge in [0.25, 0.3) is 0 Å². The molecule has 0 saturated heterocycles. The van der Waals surface area contributed by atoms with E-state index in [0.717, 1.165) is 6.26 Å². The summed E-state index contributed by atoms with van der Waals surface area (Å²) in [5, 5.41) is 10.9. The van der Waals surface area contributed by atoms with Crippen molar-refractivity contribution in [3.05, 3.63) is 0 Å². The molecule has 18 heavy (non-hydrogen) atoms. The Hall–Kier alpha value is -1.19. The Kier molecular flexibility index (Phi) is 6.81. The van der Waals surface area contributed by atoms with Crippen molar-refractivity contribution in [3.8, 4) is 0 Å². The highest BCUT2D eigenvalue weighted by Crippen LogP contribution is 1.95. The number of nitrogens with one attached hydrogen (secondary N) is 1. The molecule has 0 aromatic carbocycles. The van der Waals surface area contributed by atoms with Gasteiger partial charge in [-0.1, -0.05) is 0 Å². The predicted molar refractivity (Wildman–Crippen MR) is 63.7 cm³/mol. The van der Waals surface area contributed by atoms with Crippen LogP contribution in [0.15, 0.2) is 0 Å². The van der Waals surface area contributed by atoms with Crippen molar-refractivity contribution in [3.63, 3.8) is 0 Å². The number of sulfone groups is 1. The van der Waals surface area contributed by atoms with E-state index in [0.29, 0.717) is 0 Å². The molecule has 0 aromatic heterocycles. The minimum absolute atomic E-state index is 0.0655. The van der Waals surface area contributed by atoms with Crippen LogP contribution in [0.1, 0.15) is 6.42 Å². The van der Waals surface area contributed by atoms with Crippen molar-refractivity contribution in [1.29, 1.82) is 0 Å². The van der Waals surface area contributed by atoms with Gasteiger partial charge in [-0.05, 0) is 6.42 Å². The molecule has 0 spiro atoms. The second-order valence-corrected chi connectivity index (χ2v) is 6.14. The minimum Gasteiger partial charge on any atom is -0.480 e. The van der Waals surface area contributed by atoms with Crippen molar-refractivity contribution >= 4 is 21.7 Å². The van der Waals surface area contributed by atoms with Crippen LogP contribution in [-0.2, 0) is 24.2 Å². The van der Waals surface area contributed by atoms with E-state index >= 15 is 0 Å². The first-order valence-electron chi connectivity index (χ1n) is 5.12. The van der Waals surface area contributed by atoms with E-state index in [4.69, 9.17) is 10.8 Å². The van der Waals surface area contributed by atoms with Gasteiger partial charge in [0.15, 0.2) is 6.04 Å². The van der Waals surface area contributed by atoms with E-state index in [2.05, 4.69) is 10.1 Å². The monoisotopic (exact) mass is 282 g/mol. The molecule has 0 heterocycles. The van der Waals surface area contributed by atoms with Crippen molar-refractivity contribution in [2.45, 2.75) is 18.5 Å². The third-order valence-corrected chi connectivity index (χ3v) is 3.06. The first-order chi connectivity index (χ1) is 8.17. The molecule has 0 radical (unpaired) electrons. The Morgan fingerprint density at radius 2 is 2.00 bits per heavy atom. The van der Waals surface area contributed by atoms with Crippen LogP contribution in [0.3, 0.4) is 0 Å². The highest BCUT2D eigenvalue weighted by Gasteiger charge is 2.23. The van der Waals surface area contributed by atoms with Crippen LogP contribution in [0, 0.1) is 0 Å². The molecule has 0 bridgehead atoms. The summed E-state index contributed by atoms with van der Waals surface area (Å²) in [4.78, 5) is 22.2. The Balaban J connectivity index is 4.33. The Labute approximate surface area is 105 Å². The predicted octanol–water partition coefficient (Wildman–Crippen LogP) is -2.04. The summed E-state index contributed by atoms with van der Waals surface area (Å²) in [5.41, 5.74) is 5.46. The first-order valence-corrected chi connectivity index (χ1v) is 7.19. The Morgan fingerprint density at radius 1 is 1.44 bits per heavy atom. The Morgan fingerprint density at radius 3 is 2.39 bits per heavy atom. The molecule has 106 valence electrons. The highest BCUT2D eigenvalue weighted by atomic mass is 32.2. The summed E-state index contributed by atoms with van der Waals surface area (Å²) in [5.74, 6) is -2.20. The van der Waals surface area contributed by atoms with Gasteiger partial charge in [-0.25, -0.2) is 13.2 Å². The highest BCUT2D eigenvalue weighted by molar-refractivity contribution is 7.90. The standard InChI is InChI=1S/C9H18N2O6S/c1-17-5-7(9(13)14)11-8(12)6(10)3-4-18(2,15)16/h6-7H,3-5,10H2,1-2H3,(H,11,12)(H,13,14). The quantitative estimate of drug-likeness (QED) is 0.466. The summed E-state index contributed by atoms with van der Waals surface area (Å²) in [7, 11) is -1.91. The molecular formula is C9H18N2O6S. The minimum atomic E-state index is -3.21. The van der Waals surface area contributed by atoms with Gasteiger partial charge in [0.2, 0.25) is 5.91 Å². The van der Waals surface area contributed by atoms with Gasteiger partial charge in [0.1, 0.15) is 9.84 Å². The van der Waals surface area contributed by atoms with Crippen molar-refractivity contribution in [2.75, 3.05) is 25.7 Å². The van der Waals surface area contributed by atoms with E-state index in [1.54, 1.807) is 0 Å². The molecule has 0 aliphatic heterocycles. The maximum absolute atomic E-state index is 11.5. The topological polar surface area (TPSA) is 136 Å². The summed E-state index contributed by atoms with van der Waals surface area (Å²) in [6.45, 7) is -0.195. The maximum Gasteiger partial charge on any atom is 0.328 e. The lowest BCUT2D eigenvalue weighted by Gasteiger charge is -2.16. The van der Waals surface area contributed by atoms with Crippen LogP contribution < -0.4 is 11.1 Å². The number of hydrogen-bond acceptors (Lipinski definition) is 6. The first kappa shape index (κ1) is 16.8. The zero-order valence-electron chi connectivity index (χ0n) is 10.3. The molecule has 0 saturated carbocycles. The molecule has 0 aliphatic rings. The second kappa shape index (κ2) is 7.29. The number of methoxy groups -OCH3 is 1. The number of carbonyl (C=O) groups excluding carboxylic acids is 1. The fraction of sp³-hybridized carbons (Fsp3) is 0.778. The molecule has 1 amide bonds. The van der Waals surface area contributed by atoms with Gasteiger partial charge in [-0.2, -0.15) is 0 Å².